The van der Waals surface area contributed by atoms with E-state index in [9.17, 15) is 4.79 Å². The summed E-state index contributed by atoms with van der Waals surface area (Å²) in [6.45, 7) is 2.01. The monoisotopic (exact) mass is 227 g/mol. The standard InChI is InChI=1S/C14H13NO2/c1-10-4-3-5-11(8-10)13-9-15-7-6-12(13)14(16)17-2/h3-9H,1-2H3. The van der Waals surface area contributed by atoms with Gasteiger partial charge in [-0.2, -0.15) is 0 Å². The van der Waals surface area contributed by atoms with Gasteiger partial charge in [0.25, 0.3) is 0 Å². The minimum atomic E-state index is -0.344. The Kier molecular flexibility index (Phi) is 3.19. The van der Waals surface area contributed by atoms with Crippen molar-refractivity contribution >= 4 is 5.97 Å². The largest absolute Gasteiger partial charge is 0.465 e. The predicted octanol–water partition coefficient (Wildman–Crippen LogP) is 2.84. The van der Waals surface area contributed by atoms with Crippen molar-refractivity contribution in [2.45, 2.75) is 6.92 Å². The first-order chi connectivity index (χ1) is 8.22. The van der Waals surface area contributed by atoms with Crippen LogP contribution in [0.15, 0.2) is 42.7 Å². The van der Waals surface area contributed by atoms with Crippen molar-refractivity contribution < 1.29 is 9.53 Å². The number of hydrogen-bond donors (Lipinski definition) is 0. The summed E-state index contributed by atoms with van der Waals surface area (Å²) in [5, 5.41) is 0. The van der Waals surface area contributed by atoms with Crippen LogP contribution in [0.5, 0.6) is 0 Å². The topological polar surface area (TPSA) is 39.2 Å². The molecule has 1 aromatic carbocycles. The molecular formula is C14H13NO2. The van der Waals surface area contributed by atoms with Gasteiger partial charge in [0, 0.05) is 18.0 Å². The maximum Gasteiger partial charge on any atom is 0.338 e. The zero-order valence-electron chi connectivity index (χ0n) is 9.81. The lowest BCUT2D eigenvalue weighted by Crippen LogP contribution is -2.03. The fourth-order valence-electron chi connectivity index (χ4n) is 1.73. The van der Waals surface area contributed by atoms with Crippen molar-refractivity contribution in [3.63, 3.8) is 0 Å². The summed E-state index contributed by atoms with van der Waals surface area (Å²) in [6.07, 6.45) is 3.27. The Bertz CT molecular complexity index is 549. The normalized spacial score (nSPS) is 10.0. The number of methoxy groups -OCH3 is 1. The second-order valence-corrected chi connectivity index (χ2v) is 3.78. The number of aromatic nitrogens is 1. The van der Waals surface area contributed by atoms with E-state index in [0.29, 0.717) is 5.56 Å². The molecule has 0 atom stereocenters. The fraction of sp³-hybridized carbons (Fsp3) is 0.143. The number of aryl methyl sites for hydroxylation is 1. The maximum absolute atomic E-state index is 11.6. The lowest BCUT2D eigenvalue weighted by Gasteiger charge is -2.07. The van der Waals surface area contributed by atoms with Crippen molar-refractivity contribution in [2.75, 3.05) is 7.11 Å². The van der Waals surface area contributed by atoms with E-state index in [1.165, 1.54) is 7.11 Å². The first kappa shape index (κ1) is 11.3. The quantitative estimate of drug-likeness (QED) is 0.740. The molecule has 0 radical (unpaired) electrons. The molecule has 0 aliphatic carbocycles. The molecule has 0 amide bonds. The first-order valence-corrected chi connectivity index (χ1v) is 5.31. The highest BCUT2D eigenvalue weighted by Crippen LogP contribution is 2.23. The number of carbonyl (C=O) groups excluding carboxylic acids is 1. The Labute approximate surface area is 100 Å². The molecule has 17 heavy (non-hydrogen) atoms. The first-order valence-electron chi connectivity index (χ1n) is 5.31. The molecule has 1 heterocycles. The number of rotatable bonds is 2. The molecule has 0 unspecified atom stereocenters. The third-order valence-corrected chi connectivity index (χ3v) is 2.56. The van der Waals surface area contributed by atoms with Gasteiger partial charge in [0.2, 0.25) is 0 Å². The number of hydrogen-bond acceptors (Lipinski definition) is 3. The predicted molar refractivity (Wildman–Crippen MR) is 65.7 cm³/mol. The van der Waals surface area contributed by atoms with Crippen LogP contribution in [0.25, 0.3) is 11.1 Å². The van der Waals surface area contributed by atoms with Gasteiger partial charge in [0.15, 0.2) is 0 Å². The van der Waals surface area contributed by atoms with Crippen molar-refractivity contribution in [2.24, 2.45) is 0 Å². The molecule has 0 aliphatic heterocycles. The van der Waals surface area contributed by atoms with Crippen LogP contribution < -0.4 is 0 Å². The zero-order valence-corrected chi connectivity index (χ0v) is 9.81. The number of pyridine rings is 1. The third kappa shape index (κ3) is 2.33. The Hall–Kier alpha value is -2.16. The van der Waals surface area contributed by atoms with E-state index in [1.54, 1.807) is 18.5 Å². The van der Waals surface area contributed by atoms with Crippen LogP contribution >= 0.6 is 0 Å². The number of carbonyl (C=O) groups is 1. The smallest absolute Gasteiger partial charge is 0.338 e. The van der Waals surface area contributed by atoms with Gasteiger partial charge >= 0.3 is 5.97 Å². The molecule has 3 nitrogen and oxygen atoms in total. The lowest BCUT2D eigenvalue weighted by atomic mass is 10.0. The summed E-state index contributed by atoms with van der Waals surface area (Å²) in [6, 6.07) is 9.61. The van der Waals surface area contributed by atoms with Gasteiger partial charge in [-0.05, 0) is 18.6 Å². The Balaban J connectivity index is 2.55. The van der Waals surface area contributed by atoms with Crippen molar-refractivity contribution in [3.05, 3.63) is 53.9 Å². The summed E-state index contributed by atoms with van der Waals surface area (Å²) in [7, 11) is 1.38. The van der Waals surface area contributed by atoms with E-state index in [2.05, 4.69) is 4.98 Å². The second-order valence-electron chi connectivity index (χ2n) is 3.78. The Morgan fingerprint density at radius 1 is 1.29 bits per heavy atom. The van der Waals surface area contributed by atoms with Crippen LogP contribution in [0.3, 0.4) is 0 Å². The van der Waals surface area contributed by atoms with Crippen LogP contribution in [-0.4, -0.2) is 18.1 Å². The molecule has 86 valence electrons. The van der Waals surface area contributed by atoms with Crippen LogP contribution in [-0.2, 0) is 4.74 Å². The van der Waals surface area contributed by atoms with Crippen LogP contribution in [0.2, 0.25) is 0 Å². The molecule has 0 saturated heterocycles. The van der Waals surface area contributed by atoms with Gasteiger partial charge in [0.1, 0.15) is 0 Å². The van der Waals surface area contributed by atoms with Crippen molar-refractivity contribution in [1.82, 2.24) is 4.98 Å². The number of ether oxygens (including phenoxy) is 1. The van der Waals surface area contributed by atoms with Gasteiger partial charge in [-0.3, -0.25) is 4.98 Å². The van der Waals surface area contributed by atoms with Gasteiger partial charge < -0.3 is 4.74 Å². The van der Waals surface area contributed by atoms with E-state index >= 15 is 0 Å². The summed E-state index contributed by atoms with van der Waals surface area (Å²) in [4.78, 5) is 15.7. The van der Waals surface area contributed by atoms with Crippen LogP contribution in [0, 0.1) is 6.92 Å². The summed E-state index contributed by atoms with van der Waals surface area (Å²) < 4.78 is 4.76. The number of esters is 1. The molecule has 0 saturated carbocycles. The molecule has 0 bridgehead atoms. The SMILES string of the molecule is COC(=O)c1ccncc1-c1cccc(C)c1. The van der Waals surface area contributed by atoms with E-state index in [4.69, 9.17) is 4.74 Å². The molecule has 0 aliphatic rings. The maximum atomic E-state index is 11.6. The molecule has 0 spiro atoms. The Morgan fingerprint density at radius 3 is 2.82 bits per heavy atom. The molecule has 1 aromatic heterocycles. The summed E-state index contributed by atoms with van der Waals surface area (Å²) in [5.74, 6) is -0.344. The van der Waals surface area contributed by atoms with Crippen molar-refractivity contribution in [1.29, 1.82) is 0 Å². The molecule has 2 aromatic rings. The molecule has 2 rings (SSSR count). The average Bonchev–Trinajstić information content (AvgIpc) is 2.38. The summed E-state index contributed by atoms with van der Waals surface area (Å²) in [5.41, 5.74) is 3.44. The van der Waals surface area contributed by atoms with Crippen LogP contribution in [0.4, 0.5) is 0 Å². The lowest BCUT2D eigenvalue weighted by molar-refractivity contribution is 0.0601. The molecule has 0 N–H and O–H groups in total. The highest BCUT2D eigenvalue weighted by molar-refractivity contribution is 5.96. The minimum absolute atomic E-state index is 0.344. The Morgan fingerprint density at radius 2 is 2.12 bits per heavy atom. The van der Waals surface area contributed by atoms with Crippen molar-refractivity contribution in [3.8, 4) is 11.1 Å². The van der Waals surface area contributed by atoms with Crippen LogP contribution in [0.1, 0.15) is 15.9 Å². The molecule has 0 fully saturated rings. The zero-order chi connectivity index (χ0) is 12.3. The van der Waals surface area contributed by atoms with Gasteiger partial charge in [-0.25, -0.2) is 4.79 Å². The van der Waals surface area contributed by atoms with E-state index < -0.39 is 0 Å². The van der Waals surface area contributed by atoms with Gasteiger partial charge in [0.05, 0.1) is 12.7 Å². The minimum Gasteiger partial charge on any atom is -0.465 e. The molecule has 3 heteroatoms. The summed E-state index contributed by atoms with van der Waals surface area (Å²) >= 11 is 0. The highest BCUT2D eigenvalue weighted by atomic mass is 16.5. The highest BCUT2D eigenvalue weighted by Gasteiger charge is 2.12. The van der Waals surface area contributed by atoms with E-state index in [0.717, 1.165) is 16.7 Å². The molecular weight excluding hydrogens is 214 g/mol. The third-order valence-electron chi connectivity index (χ3n) is 2.56. The van der Waals surface area contributed by atoms with Gasteiger partial charge in [-0.15, -0.1) is 0 Å². The number of nitrogens with zero attached hydrogens (tertiary/aromatic N) is 1. The second kappa shape index (κ2) is 4.78. The van der Waals surface area contributed by atoms with E-state index in [1.807, 2.05) is 31.2 Å². The van der Waals surface area contributed by atoms with Gasteiger partial charge in [-0.1, -0.05) is 29.8 Å². The average molecular weight is 227 g/mol. The number of benzene rings is 1. The fourth-order valence-corrected chi connectivity index (χ4v) is 1.73. The van der Waals surface area contributed by atoms with E-state index in [-0.39, 0.29) is 5.97 Å².